The maximum Gasteiger partial charge on any atom is 0.191 e. The van der Waals surface area contributed by atoms with Gasteiger partial charge in [0.2, 0.25) is 0 Å². The molecule has 3 N–H and O–H groups in total. The van der Waals surface area contributed by atoms with Crippen molar-refractivity contribution in [1.82, 2.24) is 15.5 Å². The third-order valence-electron chi connectivity index (χ3n) is 4.92. The van der Waals surface area contributed by atoms with Crippen molar-refractivity contribution in [2.45, 2.75) is 45.4 Å². The van der Waals surface area contributed by atoms with Crippen molar-refractivity contribution in [3.8, 4) is 11.5 Å². The number of ether oxygens (including phenoxy) is 1. The molecule has 1 saturated heterocycles. The smallest absolute Gasteiger partial charge is 0.191 e. The Morgan fingerprint density at radius 1 is 1.18 bits per heavy atom. The number of likely N-dealkylation sites (tertiary alicyclic amines) is 1. The standard InChI is InChI=1S/C21H36N4O2.HI/c1-3-22-21(23-12-8-16-25-14-6-4-5-7-15-25)24-13-11-18-9-10-19(27-2)17-20(18)26;/h9-10,17,26H,3-8,11-16H2,1-2H3,(H2,22,23,24);1H. The number of aliphatic imine (C=N–C) groups is 1. The van der Waals surface area contributed by atoms with Crippen LogP contribution in [0.5, 0.6) is 11.5 Å². The van der Waals surface area contributed by atoms with Crippen molar-refractivity contribution in [1.29, 1.82) is 0 Å². The Balaban J connectivity index is 0.00000392. The average molecular weight is 504 g/mol. The second-order valence-electron chi connectivity index (χ2n) is 7.04. The number of benzene rings is 1. The number of halogens is 1. The number of nitrogens with one attached hydrogen (secondary N) is 2. The van der Waals surface area contributed by atoms with Crippen LogP contribution in [0.2, 0.25) is 0 Å². The molecule has 160 valence electrons. The molecule has 0 spiro atoms. The fourth-order valence-corrected chi connectivity index (χ4v) is 3.38. The average Bonchev–Trinajstić information content (AvgIpc) is 2.95. The summed E-state index contributed by atoms with van der Waals surface area (Å²) in [6, 6.07) is 5.43. The zero-order valence-electron chi connectivity index (χ0n) is 17.4. The van der Waals surface area contributed by atoms with Gasteiger partial charge in [0.1, 0.15) is 11.5 Å². The van der Waals surface area contributed by atoms with Crippen LogP contribution in [-0.4, -0.2) is 62.3 Å². The summed E-state index contributed by atoms with van der Waals surface area (Å²) in [6.07, 6.45) is 7.26. The van der Waals surface area contributed by atoms with E-state index in [1.54, 1.807) is 13.2 Å². The van der Waals surface area contributed by atoms with Gasteiger partial charge in [-0.05, 0) is 63.9 Å². The van der Waals surface area contributed by atoms with Gasteiger partial charge in [-0.2, -0.15) is 0 Å². The van der Waals surface area contributed by atoms with Crippen LogP contribution in [0.15, 0.2) is 23.2 Å². The van der Waals surface area contributed by atoms with Gasteiger partial charge in [-0.15, -0.1) is 24.0 Å². The molecule has 1 aliphatic rings. The van der Waals surface area contributed by atoms with E-state index < -0.39 is 0 Å². The molecule has 1 aliphatic heterocycles. The van der Waals surface area contributed by atoms with Gasteiger partial charge in [0.05, 0.1) is 7.11 Å². The molecule has 1 aromatic carbocycles. The van der Waals surface area contributed by atoms with Gasteiger partial charge in [-0.3, -0.25) is 4.99 Å². The summed E-state index contributed by atoms with van der Waals surface area (Å²) < 4.78 is 5.12. The van der Waals surface area contributed by atoms with Crippen LogP contribution >= 0.6 is 24.0 Å². The lowest BCUT2D eigenvalue weighted by Crippen LogP contribution is -2.38. The fourth-order valence-electron chi connectivity index (χ4n) is 3.38. The first-order valence-corrected chi connectivity index (χ1v) is 10.3. The lowest BCUT2D eigenvalue weighted by Gasteiger charge is -2.19. The van der Waals surface area contributed by atoms with Crippen LogP contribution in [-0.2, 0) is 6.42 Å². The molecular weight excluding hydrogens is 467 g/mol. The first-order valence-electron chi connectivity index (χ1n) is 10.3. The highest BCUT2D eigenvalue weighted by molar-refractivity contribution is 14.0. The van der Waals surface area contributed by atoms with Crippen LogP contribution < -0.4 is 15.4 Å². The minimum Gasteiger partial charge on any atom is -0.508 e. The second-order valence-corrected chi connectivity index (χ2v) is 7.04. The molecule has 0 saturated carbocycles. The highest BCUT2D eigenvalue weighted by Gasteiger charge is 2.08. The minimum absolute atomic E-state index is 0. The Kier molecular flexibility index (Phi) is 13.1. The molecule has 1 aromatic rings. The van der Waals surface area contributed by atoms with Crippen molar-refractivity contribution in [3.63, 3.8) is 0 Å². The van der Waals surface area contributed by atoms with E-state index in [2.05, 4.69) is 27.4 Å². The quantitative estimate of drug-likeness (QED) is 0.208. The Hall–Kier alpha value is -1.22. The first kappa shape index (κ1) is 24.8. The van der Waals surface area contributed by atoms with Crippen molar-refractivity contribution in [3.05, 3.63) is 23.8 Å². The number of methoxy groups -OCH3 is 1. The van der Waals surface area contributed by atoms with E-state index in [1.165, 1.54) is 38.8 Å². The minimum atomic E-state index is 0. The van der Waals surface area contributed by atoms with Crippen molar-refractivity contribution in [2.75, 3.05) is 46.4 Å². The maximum absolute atomic E-state index is 10.0. The summed E-state index contributed by atoms with van der Waals surface area (Å²) in [7, 11) is 1.60. The number of phenolic OH excluding ortho intramolecular Hbond substituents is 1. The lowest BCUT2D eigenvalue weighted by molar-refractivity contribution is 0.283. The highest BCUT2D eigenvalue weighted by atomic mass is 127. The Morgan fingerprint density at radius 3 is 2.57 bits per heavy atom. The molecule has 0 bridgehead atoms. The summed E-state index contributed by atoms with van der Waals surface area (Å²) in [4.78, 5) is 7.27. The van der Waals surface area contributed by atoms with Crippen LogP contribution in [0.4, 0.5) is 0 Å². The second kappa shape index (κ2) is 14.7. The summed E-state index contributed by atoms with van der Waals surface area (Å²) in [5, 5.41) is 16.7. The van der Waals surface area contributed by atoms with Gasteiger partial charge in [0.15, 0.2) is 5.96 Å². The number of rotatable bonds is 9. The number of aromatic hydroxyl groups is 1. The summed E-state index contributed by atoms with van der Waals surface area (Å²) >= 11 is 0. The molecule has 6 nitrogen and oxygen atoms in total. The molecule has 0 unspecified atom stereocenters. The maximum atomic E-state index is 10.0. The van der Waals surface area contributed by atoms with Crippen LogP contribution in [0.25, 0.3) is 0 Å². The van der Waals surface area contributed by atoms with E-state index in [0.29, 0.717) is 5.75 Å². The highest BCUT2D eigenvalue weighted by Crippen LogP contribution is 2.23. The van der Waals surface area contributed by atoms with Crippen molar-refractivity contribution in [2.24, 2.45) is 4.99 Å². The number of guanidine groups is 1. The zero-order valence-corrected chi connectivity index (χ0v) is 19.7. The largest absolute Gasteiger partial charge is 0.508 e. The number of hydrogen-bond acceptors (Lipinski definition) is 4. The summed E-state index contributed by atoms with van der Waals surface area (Å²) in [6.45, 7) is 8.09. The number of phenols is 1. The lowest BCUT2D eigenvalue weighted by atomic mass is 10.1. The molecule has 0 amide bonds. The Labute approximate surface area is 187 Å². The summed E-state index contributed by atoms with van der Waals surface area (Å²) in [5.74, 6) is 1.79. The molecule has 28 heavy (non-hydrogen) atoms. The predicted molar refractivity (Wildman–Crippen MR) is 127 cm³/mol. The number of nitrogens with zero attached hydrogens (tertiary/aromatic N) is 2. The molecule has 0 aliphatic carbocycles. The summed E-state index contributed by atoms with van der Waals surface area (Å²) in [5.41, 5.74) is 0.903. The van der Waals surface area contributed by atoms with Gasteiger partial charge in [-0.1, -0.05) is 18.9 Å². The molecule has 1 fully saturated rings. The van der Waals surface area contributed by atoms with Gasteiger partial charge in [0, 0.05) is 25.7 Å². The molecule has 0 radical (unpaired) electrons. The van der Waals surface area contributed by atoms with E-state index in [9.17, 15) is 5.11 Å². The van der Waals surface area contributed by atoms with E-state index in [1.807, 2.05) is 12.1 Å². The van der Waals surface area contributed by atoms with E-state index in [0.717, 1.165) is 50.5 Å². The predicted octanol–water partition coefficient (Wildman–Crippen LogP) is 3.38. The molecule has 1 heterocycles. The monoisotopic (exact) mass is 504 g/mol. The molecule has 7 heteroatoms. The van der Waals surface area contributed by atoms with Gasteiger partial charge in [0.25, 0.3) is 0 Å². The molecule has 0 aromatic heterocycles. The van der Waals surface area contributed by atoms with E-state index in [-0.39, 0.29) is 29.7 Å². The SMILES string of the molecule is CCNC(=NCCCN1CCCCCC1)NCCc1ccc(OC)cc1O.I. The van der Waals surface area contributed by atoms with Crippen molar-refractivity contribution >= 4 is 29.9 Å². The van der Waals surface area contributed by atoms with E-state index in [4.69, 9.17) is 4.74 Å². The Bertz CT molecular complexity index is 576. The Morgan fingerprint density at radius 2 is 1.93 bits per heavy atom. The molecular formula is C21H37IN4O2. The van der Waals surface area contributed by atoms with Crippen molar-refractivity contribution < 1.29 is 9.84 Å². The fraction of sp³-hybridized carbons (Fsp3) is 0.667. The van der Waals surface area contributed by atoms with Crippen LogP contribution in [0.3, 0.4) is 0 Å². The van der Waals surface area contributed by atoms with Gasteiger partial charge < -0.3 is 25.4 Å². The van der Waals surface area contributed by atoms with Gasteiger partial charge in [-0.25, -0.2) is 0 Å². The normalized spacial score (nSPS) is 15.4. The third kappa shape index (κ3) is 9.32. The van der Waals surface area contributed by atoms with Crippen LogP contribution in [0, 0.1) is 0 Å². The van der Waals surface area contributed by atoms with Gasteiger partial charge >= 0.3 is 0 Å². The zero-order chi connectivity index (χ0) is 19.3. The molecule has 2 rings (SSSR count). The first-order chi connectivity index (χ1) is 13.2. The van der Waals surface area contributed by atoms with E-state index >= 15 is 0 Å². The molecule has 0 atom stereocenters. The van der Waals surface area contributed by atoms with Crippen LogP contribution in [0.1, 0.15) is 44.6 Å². The topological polar surface area (TPSA) is 69.1 Å². The number of hydrogen-bond donors (Lipinski definition) is 3. The third-order valence-corrected chi connectivity index (χ3v) is 4.92.